The number of likely N-dealkylation sites (tertiary alicyclic amines) is 1. The van der Waals surface area contributed by atoms with E-state index in [4.69, 9.17) is 28.3 Å². The standard InChI is InChI=1S/C20H19Cl2FN4O3S/c21-12-1-2-14-16(8-12)31-18(25-14)26-19(30)27-5-3-20(23,4-6-27)17-13(22)7-11(9-24-17)15(29)10-28/h1-2,7-9,15,28-29H,3-6,10H2,(H,25,26,30)/t15-/m1/s1. The molecule has 1 aromatic carbocycles. The molecule has 0 spiro atoms. The zero-order valence-electron chi connectivity index (χ0n) is 16.2. The second kappa shape index (κ2) is 8.84. The lowest BCUT2D eigenvalue weighted by atomic mass is 9.89. The van der Waals surface area contributed by atoms with Gasteiger partial charge >= 0.3 is 6.03 Å². The number of carbonyl (C=O) groups is 1. The van der Waals surface area contributed by atoms with E-state index < -0.39 is 18.4 Å². The van der Waals surface area contributed by atoms with Crippen LogP contribution in [-0.4, -0.2) is 50.8 Å². The first-order valence-corrected chi connectivity index (χ1v) is 11.1. The van der Waals surface area contributed by atoms with Gasteiger partial charge < -0.3 is 15.1 Å². The number of aromatic nitrogens is 2. The maximum atomic E-state index is 15.6. The molecule has 1 aliphatic heterocycles. The summed E-state index contributed by atoms with van der Waals surface area (Å²) in [6, 6.07) is 6.35. The van der Waals surface area contributed by atoms with Gasteiger partial charge in [-0.3, -0.25) is 10.3 Å². The van der Waals surface area contributed by atoms with Gasteiger partial charge in [-0.2, -0.15) is 0 Å². The molecule has 2 amide bonds. The van der Waals surface area contributed by atoms with Gasteiger partial charge in [0.25, 0.3) is 0 Å². The Morgan fingerprint density at radius 3 is 2.74 bits per heavy atom. The van der Waals surface area contributed by atoms with Gasteiger partial charge in [-0.25, -0.2) is 14.2 Å². The average molecular weight is 485 g/mol. The number of aliphatic hydroxyl groups excluding tert-OH is 2. The van der Waals surface area contributed by atoms with Crippen LogP contribution in [0.5, 0.6) is 0 Å². The van der Waals surface area contributed by atoms with Crippen LogP contribution in [0.2, 0.25) is 10.0 Å². The van der Waals surface area contributed by atoms with E-state index >= 15 is 4.39 Å². The summed E-state index contributed by atoms with van der Waals surface area (Å²) in [5, 5.41) is 22.6. The third-order valence-corrected chi connectivity index (χ3v) is 6.71. The van der Waals surface area contributed by atoms with Crippen molar-refractivity contribution in [3.8, 4) is 0 Å². The average Bonchev–Trinajstić information content (AvgIpc) is 3.14. The highest BCUT2D eigenvalue weighted by Crippen LogP contribution is 2.40. The molecular weight excluding hydrogens is 466 g/mol. The molecule has 4 rings (SSSR count). The largest absolute Gasteiger partial charge is 0.393 e. The molecule has 1 atom stereocenters. The van der Waals surface area contributed by atoms with Crippen LogP contribution in [0.15, 0.2) is 30.5 Å². The Balaban J connectivity index is 1.41. The number of rotatable bonds is 4. The first kappa shape index (κ1) is 22.2. The van der Waals surface area contributed by atoms with Gasteiger partial charge in [0.15, 0.2) is 10.8 Å². The zero-order valence-corrected chi connectivity index (χ0v) is 18.5. The van der Waals surface area contributed by atoms with Crippen LogP contribution >= 0.6 is 34.5 Å². The Labute approximate surface area is 191 Å². The normalized spacial score (nSPS) is 17.0. The maximum absolute atomic E-state index is 15.6. The van der Waals surface area contributed by atoms with Gasteiger partial charge in [-0.05, 0) is 24.3 Å². The van der Waals surface area contributed by atoms with Crippen molar-refractivity contribution in [3.63, 3.8) is 0 Å². The molecule has 0 bridgehead atoms. The van der Waals surface area contributed by atoms with Gasteiger partial charge in [0.2, 0.25) is 0 Å². The van der Waals surface area contributed by atoms with Crippen molar-refractivity contribution in [2.24, 2.45) is 0 Å². The quantitative estimate of drug-likeness (QED) is 0.505. The number of pyridine rings is 1. The zero-order chi connectivity index (χ0) is 22.2. The van der Waals surface area contributed by atoms with Gasteiger partial charge in [0, 0.05) is 42.7 Å². The minimum Gasteiger partial charge on any atom is -0.393 e. The number of thiazole rings is 1. The van der Waals surface area contributed by atoms with Crippen LogP contribution in [0.4, 0.5) is 14.3 Å². The number of benzene rings is 1. The molecule has 1 aliphatic rings. The number of amides is 2. The summed E-state index contributed by atoms with van der Waals surface area (Å²) in [5.74, 6) is 0. The molecule has 0 unspecified atom stereocenters. The number of piperidine rings is 1. The SMILES string of the molecule is O=C(Nc1nc2ccc(Cl)cc2s1)N1CCC(F)(c2ncc([C@H](O)CO)cc2Cl)CC1. The monoisotopic (exact) mass is 484 g/mol. The highest BCUT2D eigenvalue weighted by Gasteiger charge is 2.40. The Hall–Kier alpha value is -2.04. The Morgan fingerprint density at radius 1 is 1.32 bits per heavy atom. The number of anilines is 1. The number of aliphatic hydroxyl groups is 2. The minimum atomic E-state index is -1.79. The molecule has 0 radical (unpaired) electrons. The molecule has 1 saturated heterocycles. The summed E-state index contributed by atoms with van der Waals surface area (Å²) in [5.41, 5.74) is -0.662. The Morgan fingerprint density at radius 2 is 2.06 bits per heavy atom. The van der Waals surface area contributed by atoms with Crippen LogP contribution < -0.4 is 5.32 Å². The molecule has 0 saturated carbocycles. The molecular formula is C20H19Cl2FN4O3S. The highest BCUT2D eigenvalue weighted by molar-refractivity contribution is 7.22. The number of nitrogens with zero attached hydrogens (tertiary/aromatic N) is 3. The summed E-state index contributed by atoms with van der Waals surface area (Å²) in [6.45, 7) is -0.125. The molecule has 3 heterocycles. The van der Waals surface area contributed by atoms with Crippen LogP contribution in [0.3, 0.4) is 0 Å². The Bertz CT molecular complexity index is 1120. The van der Waals surface area contributed by atoms with Gasteiger partial charge in [-0.1, -0.05) is 34.5 Å². The topological polar surface area (TPSA) is 98.6 Å². The molecule has 0 aliphatic carbocycles. The van der Waals surface area contributed by atoms with Gasteiger partial charge in [0.05, 0.1) is 27.5 Å². The lowest BCUT2D eigenvalue weighted by Crippen LogP contribution is -2.45. The number of carbonyl (C=O) groups excluding carboxylic acids is 1. The molecule has 1 fully saturated rings. The van der Waals surface area contributed by atoms with Crippen LogP contribution in [0.1, 0.15) is 30.2 Å². The maximum Gasteiger partial charge on any atom is 0.323 e. The van der Waals surface area contributed by atoms with E-state index in [9.17, 15) is 9.90 Å². The minimum absolute atomic E-state index is 0.0322. The number of halogens is 3. The molecule has 3 aromatic rings. The highest BCUT2D eigenvalue weighted by atomic mass is 35.5. The molecule has 2 aromatic heterocycles. The number of alkyl halides is 1. The number of nitrogens with one attached hydrogen (secondary N) is 1. The predicted molar refractivity (Wildman–Crippen MR) is 119 cm³/mol. The Kier molecular flexibility index (Phi) is 6.32. The third-order valence-electron chi connectivity index (χ3n) is 5.25. The van der Waals surface area contributed by atoms with Crippen molar-refractivity contribution >= 4 is 55.9 Å². The summed E-state index contributed by atoms with van der Waals surface area (Å²) >= 11 is 13.5. The number of fused-ring (bicyclic) bond motifs is 1. The fourth-order valence-corrected chi connectivity index (χ4v) is 4.97. The fourth-order valence-electron chi connectivity index (χ4n) is 3.49. The van der Waals surface area contributed by atoms with Crippen molar-refractivity contribution in [1.29, 1.82) is 0 Å². The van der Waals surface area contributed by atoms with Crippen molar-refractivity contribution in [3.05, 3.63) is 51.8 Å². The lowest BCUT2D eigenvalue weighted by Gasteiger charge is -2.36. The fraction of sp³-hybridized carbons (Fsp3) is 0.350. The summed E-state index contributed by atoms with van der Waals surface area (Å²) in [6.07, 6.45) is 0.246. The van der Waals surface area contributed by atoms with Crippen molar-refractivity contribution in [2.45, 2.75) is 24.6 Å². The first-order valence-electron chi connectivity index (χ1n) is 9.55. The van der Waals surface area contributed by atoms with Crippen molar-refractivity contribution in [1.82, 2.24) is 14.9 Å². The van der Waals surface area contributed by atoms with Crippen molar-refractivity contribution in [2.75, 3.05) is 25.0 Å². The van der Waals surface area contributed by atoms with E-state index in [1.54, 1.807) is 18.2 Å². The van der Waals surface area contributed by atoms with E-state index in [0.717, 1.165) is 10.2 Å². The van der Waals surface area contributed by atoms with Gasteiger partial charge in [-0.15, -0.1) is 0 Å². The van der Waals surface area contributed by atoms with Gasteiger partial charge in [0.1, 0.15) is 6.10 Å². The number of urea groups is 1. The molecule has 164 valence electrons. The van der Waals surface area contributed by atoms with E-state index in [2.05, 4.69) is 15.3 Å². The first-order chi connectivity index (χ1) is 14.8. The second-order valence-electron chi connectivity index (χ2n) is 7.31. The summed E-state index contributed by atoms with van der Waals surface area (Å²) in [4.78, 5) is 22.6. The second-order valence-corrected chi connectivity index (χ2v) is 9.19. The lowest BCUT2D eigenvalue weighted by molar-refractivity contribution is 0.0679. The van der Waals surface area contributed by atoms with E-state index in [1.165, 1.54) is 28.5 Å². The van der Waals surface area contributed by atoms with E-state index in [-0.39, 0.29) is 42.7 Å². The molecule has 31 heavy (non-hydrogen) atoms. The molecule has 3 N–H and O–H groups in total. The molecule has 11 heteroatoms. The van der Waals surface area contributed by atoms with Crippen LogP contribution in [0.25, 0.3) is 10.2 Å². The van der Waals surface area contributed by atoms with E-state index in [0.29, 0.717) is 15.7 Å². The smallest absolute Gasteiger partial charge is 0.323 e. The third kappa shape index (κ3) is 4.61. The van der Waals surface area contributed by atoms with Crippen LogP contribution in [0, 0.1) is 0 Å². The van der Waals surface area contributed by atoms with Crippen LogP contribution in [-0.2, 0) is 5.67 Å². The predicted octanol–water partition coefficient (Wildman–Crippen LogP) is 4.52. The van der Waals surface area contributed by atoms with Crippen molar-refractivity contribution < 1.29 is 19.4 Å². The summed E-state index contributed by atoms with van der Waals surface area (Å²) in [7, 11) is 0. The molecule has 7 nitrogen and oxygen atoms in total. The number of hydrogen-bond donors (Lipinski definition) is 3. The summed E-state index contributed by atoms with van der Waals surface area (Å²) < 4.78 is 16.4. The number of hydrogen-bond acceptors (Lipinski definition) is 6. The van der Waals surface area contributed by atoms with E-state index in [1.807, 2.05) is 0 Å².